The zero-order valence-electron chi connectivity index (χ0n) is 18.9. The lowest BCUT2D eigenvalue weighted by Gasteiger charge is -2.38. The Kier molecular flexibility index (Phi) is 5.86. The van der Waals surface area contributed by atoms with Crippen molar-refractivity contribution in [3.63, 3.8) is 0 Å². The van der Waals surface area contributed by atoms with Crippen molar-refractivity contribution in [3.8, 4) is 0 Å². The number of piperazine rings is 1. The molecule has 0 saturated carbocycles. The van der Waals surface area contributed by atoms with Crippen LogP contribution in [0.5, 0.6) is 0 Å². The van der Waals surface area contributed by atoms with Gasteiger partial charge in [-0.15, -0.1) is 0 Å². The zero-order chi connectivity index (χ0) is 22.1. The summed E-state index contributed by atoms with van der Waals surface area (Å²) in [6.07, 6.45) is 0. The van der Waals surface area contributed by atoms with E-state index < -0.39 is 0 Å². The zero-order valence-corrected chi connectivity index (χ0v) is 18.9. The van der Waals surface area contributed by atoms with E-state index in [0.717, 1.165) is 24.2 Å². The van der Waals surface area contributed by atoms with Crippen LogP contribution in [0.3, 0.4) is 0 Å². The molecule has 0 atom stereocenters. The predicted molar refractivity (Wildman–Crippen MR) is 125 cm³/mol. The lowest BCUT2D eigenvalue weighted by Crippen LogP contribution is -2.47. The van der Waals surface area contributed by atoms with E-state index in [1.54, 1.807) is 0 Å². The number of hydrogen-bond acceptors (Lipinski definition) is 4. The summed E-state index contributed by atoms with van der Waals surface area (Å²) >= 11 is 0. The molecule has 4 rings (SSSR count). The van der Waals surface area contributed by atoms with Crippen LogP contribution in [0.1, 0.15) is 30.5 Å². The Labute approximate surface area is 184 Å². The van der Waals surface area contributed by atoms with Crippen LogP contribution in [0, 0.1) is 19.8 Å². The lowest BCUT2D eigenvalue weighted by molar-refractivity contribution is -0.138. The van der Waals surface area contributed by atoms with Crippen molar-refractivity contribution in [1.82, 2.24) is 9.80 Å². The van der Waals surface area contributed by atoms with Gasteiger partial charge in [0, 0.05) is 38.4 Å². The molecule has 0 aromatic heterocycles. The van der Waals surface area contributed by atoms with Crippen LogP contribution in [-0.2, 0) is 9.59 Å². The minimum Gasteiger partial charge on any atom is -0.368 e. The second-order valence-corrected chi connectivity index (χ2v) is 9.02. The van der Waals surface area contributed by atoms with Crippen molar-refractivity contribution < 1.29 is 9.59 Å². The molecule has 5 heteroatoms. The average Bonchev–Trinajstić information content (AvgIpc) is 2.99. The number of rotatable bonds is 5. The first-order valence-corrected chi connectivity index (χ1v) is 11.1. The molecule has 2 heterocycles. The third-order valence-corrected chi connectivity index (χ3v) is 5.99. The number of carbonyl (C=O) groups excluding carboxylic acids is 2. The van der Waals surface area contributed by atoms with Gasteiger partial charge in [-0.2, -0.15) is 0 Å². The monoisotopic (exact) mass is 417 g/mol. The third kappa shape index (κ3) is 4.22. The Morgan fingerprint density at radius 1 is 0.806 bits per heavy atom. The van der Waals surface area contributed by atoms with Gasteiger partial charge < -0.3 is 9.80 Å². The first-order valence-electron chi connectivity index (χ1n) is 11.1. The number of anilines is 1. The highest BCUT2D eigenvalue weighted by Gasteiger charge is 2.42. The molecule has 2 aliphatic heterocycles. The van der Waals surface area contributed by atoms with Crippen molar-refractivity contribution in [3.05, 3.63) is 70.9 Å². The molecule has 0 aliphatic carbocycles. The molecule has 2 aromatic rings. The fourth-order valence-electron chi connectivity index (χ4n) is 4.38. The largest absolute Gasteiger partial charge is 0.368 e. The first-order chi connectivity index (χ1) is 14.8. The van der Waals surface area contributed by atoms with E-state index in [0.29, 0.717) is 30.9 Å². The second-order valence-electron chi connectivity index (χ2n) is 9.02. The van der Waals surface area contributed by atoms with Crippen molar-refractivity contribution in [1.29, 1.82) is 0 Å². The SMILES string of the molecule is Cc1ccc(C2=C(N3CCN(c4cccc(C)c4)CC3)C(=O)N(CC(C)C)C2=O)cc1. The smallest absolute Gasteiger partial charge is 0.277 e. The minimum absolute atomic E-state index is 0.154. The first kappa shape index (κ1) is 21.2. The molecule has 0 unspecified atom stereocenters. The molecule has 162 valence electrons. The van der Waals surface area contributed by atoms with Crippen molar-refractivity contribution >= 4 is 23.1 Å². The van der Waals surface area contributed by atoms with Gasteiger partial charge in [0.1, 0.15) is 5.70 Å². The summed E-state index contributed by atoms with van der Waals surface area (Å²) in [5, 5.41) is 0. The summed E-state index contributed by atoms with van der Waals surface area (Å²) in [6.45, 7) is 11.7. The van der Waals surface area contributed by atoms with E-state index in [4.69, 9.17) is 0 Å². The Morgan fingerprint density at radius 2 is 1.45 bits per heavy atom. The van der Waals surface area contributed by atoms with E-state index >= 15 is 0 Å². The Balaban J connectivity index is 1.63. The number of nitrogens with zero attached hydrogens (tertiary/aromatic N) is 3. The van der Waals surface area contributed by atoms with E-state index in [1.807, 2.05) is 45.0 Å². The number of benzene rings is 2. The molecule has 0 N–H and O–H groups in total. The second kappa shape index (κ2) is 8.58. The van der Waals surface area contributed by atoms with Gasteiger partial charge in [-0.3, -0.25) is 14.5 Å². The Bertz CT molecular complexity index is 1020. The summed E-state index contributed by atoms with van der Waals surface area (Å²) in [5.74, 6) is -0.0957. The molecule has 0 spiro atoms. The fraction of sp³-hybridized carbons (Fsp3) is 0.385. The molecule has 2 amide bonds. The van der Waals surface area contributed by atoms with Crippen LogP contribution in [0.25, 0.3) is 5.57 Å². The molecule has 5 nitrogen and oxygen atoms in total. The molecule has 2 aromatic carbocycles. The maximum Gasteiger partial charge on any atom is 0.277 e. The standard InChI is InChI=1S/C26H31N3O2/c1-18(2)17-29-25(30)23(21-10-8-19(3)9-11-21)24(26(29)31)28-14-12-27(13-15-28)22-7-5-6-20(4)16-22/h5-11,16,18H,12-15,17H2,1-4H3. The predicted octanol–water partition coefficient (Wildman–Crippen LogP) is 3.86. The lowest BCUT2D eigenvalue weighted by atomic mass is 10.0. The maximum absolute atomic E-state index is 13.4. The average molecular weight is 418 g/mol. The van der Waals surface area contributed by atoms with Gasteiger partial charge in [0.2, 0.25) is 0 Å². The van der Waals surface area contributed by atoms with Crippen LogP contribution in [0.2, 0.25) is 0 Å². The molecule has 2 aliphatic rings. The topological polar surface area (TPSA) is 43.9 Å². The Hall–Kier alpha value is -3.08. The van der Waals surface area contributed by atoms with E-state index in [9.17, 15) is 9.59 Å². The van der Waals surface area contributed by atoms with E-state index in [1.165, 1.54) is 16.2 Å². The summed E-state index contributed by atoms with van der Waals surface area (Å²) in [4.78, 5) is 32.6. The maximum atomic E-state index is 13.4. The summed E-state index contributed by atoms with van der Waals surface area (Å²) in [7, 11) is 0. The van der Waals surface area contributed by atoms with Crippen LogP contribution < -0.4 is 4.90 Å². The Morgan fingerprint density at radius 3 is 2.06 bits per heavy atom. The van der Waals surface area contributed by atoms with Crippen LogP contribution >= 0.6 is 0 Å². The van der Waals surface area contributed by atoms with Crippen LogP contribution in [-0.4, -0.2) is 54.3 Å². The highest BCUT2D eigenvalue weighted by Crippen LogP contribution is 2.33. The number of hydrogen-bond donors (Lipinski definition) is 0. The fourth-order valence-corrected chi connectivity index (χ4v) is 4.38. The van der Waals surface area contributed by atoms with Gasteiger partial charge in [0.25, 0.3) is 11.8 Å². The molecular weight excluding hydrogens is 386 g/mol. The summed E-state index contributed by atoms with van der Waals surface area (Å²) < 4.78 is 0. The number of amides is 2. The highest BCUT2D eigenvalue weighted by atomic mass is 16.2. The van der Waals surface area contributed by atoms with Crippen LogP contribution in [0.4, 0.5) is 5.69 Å². The van der Waals surface area contributed by atoms with Crippen LogP contribution in [0.15, 0.2) is 54.2 Å². The van der Waals surface area contributed by atoms with Crippen molar-refractivity contribution in [2.45, 2.75) is 27.7 Å². The highest BCUT2D eigenvalue weighted by molar-refractivity contribution is 6.35. The number of aryl methyl sites for hydroxylation is 2. The summed E-state index contributed by atoms with van der Waals surface area (Å²) in [6, 6.07) is 16.4. The molecular formula is C26H31N3O2. The van der Waals surface area contributed by atoms with Crippen molar-refractivity contribution in [2.24, 2.45) is 5.92 Å². The third-order valence-electron chi connectivity index (χ3n) is 5.99. The van der Waals surface area contributed by atoms with E-state index in [2.05, 4.69) is 41.0 Å². The van der Waals surface area contributed by atoms with Gasteiger partial charge >= 0.3 is 0 Å². The van der Waals surface area contributed by atoms with Gasteiger partial charge in [0.15, 0.2) is 0 Å². The quantitative estimate of drug-likeness (QED) is 0.693. The molecule has 1 saturated heterocycles. The number of carbonyl (C=O) groups is 2. The van der Waals surface area contributed by atoms with Gasteiger partial charge in [-0.05, 0) is 43.0 Å². The van der Waals surface area contributed by atoms with Gasteiger partial charge in [0.05, 0.1) is 5.57 Å². The molecule has 0 radical (unpaired) electrons. The van der Waals surface area contributed by atoms with E-state index in [-0.39, 0.29) is 17.7 Å². The molecule has 31 heavy (non-hydrogen) atoms. The summed E-state index contributed by atoms with van der Waals surface area (Å²) in [5.41, 5.74) is 5.53. The number of imide groups is 1. The van der Waals surface area contributed by atoms with Gasteiger partial charge in [-0.25, -0.2) is 0 Å². The minimum atomic E-state index is -0.168. The normalized spacial score (nSPS) is 17.4. The molecule has 1 fully saturated rings. The van der Waals surface area contributed by atoms with Crippen molar-refractivity contribution in [2.75, 3.05) is 37.6 Å². The molecule has 0 bridgehead atoms. The van der Waals surface area contributed by atoms with Gasteiger partial charge in [-0.1, -0.05) is 55.8 Å².